The fraction of sp³-hybridized carbons (Fsp3) is 0.588. The summed E-state index contributed by atoms with van der Waals surface area (Å²) in [6.45, 7) is 1.14. The van der Waals surface area contributed by atoms with Crippen molar-refractivity contribution in [2.24, 2.45) is 0 Å². The van der Waals surface area contributed by atoms with Crippen molar-refractivity contribution in [3.63, 3.8) is 0 Å². The van der Waals surface area contributed by atoms with Crippen molar-refractivity contribution in [3.8, 4) is 0 Å². The highest BCUT2D eigenvalue weighted by Crippen LogP contribution is 2.23. The van der Waals surface area contributed by atoms with Crippen LogP contribution in [0.4, 0.5) is 4.39 Å². The molecule has 0 radical (unpaired) electrons. The average molecular weight is 434 g/mol. The van der Waals surface area contributed by atoms with Gasteiger partial charge in [-0.05, 0) is 50.2 Å². The first-order valence-electron chi connectivity index (χ1n) is 9.04. The Bertz CT molecular complexity index is 928. The highest BCUT2D eigenvalue weighted by Gasteiger charge is 2.42. The predicted molar refractivity (Wildman–Crippen MR) is 101 cm³/mol. The molecule has 1 N–H and O–H groups in total. The van der Waals surface area contributed by atoms with Crippen molar-refractivity contribution in [2.45, 2.75) is 29.8 Å². The van der Waals surface area contributed by atoms with E-state index in [1.165, 1.54) is 7.05 Å². The van der Waals surface area contributed by atoms with Crippen LogP contribution in [0.25, 0.3) is 0 Å². The van der Waals surface area contributed by atoms with Gasteiger partial charge in [0.2, 0.25) is 15.9 Å². The van der Waals surface area contributed by atoms with Crippen LogP contribution in [0.2, 0.25) is 0 Å². The average Bonchev–Trinajstić information content (AvgIpc) is 3.22. The number of carbonyl (C=O) groups is 1. The van der Waals surface area contributed by atoms with Crippen LogP contribution < -0.4 is 5.32 Å². The van der Waals surface area contributed by atoms with E-state index < -0.39 is 44.2 Å². The highest BCUT2D eigenvalue weighted by atomic mass is 32.2. The van der Waals surface area contributed by atoms with Crippen molar-refractivity contribution < 1.29 is 26.0 Å². The van der Waals surface area contributed by atoms with Crippen molar-refractivity contribution >= 4 is 25.8 Å². The number of carbonyl (C=O) groups excluding carboxylic acids is 1. The number of sulfonamides is 1. The Kier molecular flexibility index (Phi) is 6.08. The van der Waals surface area contributed by atoms with E-state index in [0.29, 0.717) is 0 Å². The zero-order valence-corrected chi connectivity index (χ0v) is 17.2. The van der Waals surface area contributed by atoms with Crippen molar-refractivity contribution in [1.29, 1.82) is 0 Å². The lowest BCUT2D eigenvalue weighted by Crippen LogP contribution is -2.52. The minimum atomic E-state index is -3.96. The molecule has 8 nitrogen and oxygen atoms in total. The van der Waals surface area contributed by atoms with Crippen LogP contribution in [-0.2, 0) is 24.7 Å². The predicted octanol–water partition coefficient (Wildman–Crippen LogP) is -0.176. The molecule has 3 rings (SSSR count). The van der Waals surface area contributed by atoms with Crippen LogP contribution in [0, 0.1) is 5.82 Å². The molecule has 11 heteroatoms. The lowest BCUT2D eigenvalue weighted by atomic mass is 10.1. The molecular weight excluding hydrogens is 409 g/mol. The molecule has 0 aliphatic carbocycles. The maximum Gasteiger partial charge on any atom is 0.243 e. The van der Waals surface area contributed by atoms with Gasteiger partial charge in [0, 0.05) is 13.1 Å². The minimum absolute atomic E-state index is 0.00165. The first-order chi connectivity index (χ1) is 13.1. The Hall–Kier alpha value is -1.56. The van der Waals surface area contributed by atoms with Gasteiger partial charge in [-0.3, -0.25) is 9.69 Å². The highest BCUT2D eigenvalue weighted by molar-refractivity contribution is 7.91. The third kappa shape index (κ3) is 4.70. The molecule has 2 fully saturated rings. The topological polar surface area (TPSA) is 104 Å². The van der Waals surface area contributed by atoms with Gasteiger partial charge in [0.05, 0.1) is 29.0 Å². The van der Waals surface area contributed by atoms with Gasteiger partial charge < -0.3 is 5.32 Å². The van der Waals surface area contributed by atoms with E-state index in [-0.39, 0.29) is 22.4 Å². The largest absolute Gasteiger partial charge is 0.350 e. The summed E-state index contributed by atoms with van der Waals surface area (Å²) in [6, 6.07) is 3.49. The number of sulfone groups is 1. The Labute approximate surface area is 164 Å². The van der Waals surface area contributed by atoms with Crippen LogP contribution >= 0.6 is 0 Å². The zero-order valence-electron chi connectivity index (χ0n) is 15.5. The Morgan fingerprint density at radius 2 is 1.82 bits per heavy atom. The molecule has 2 unspecified atom stereocenters. The van der Waals surface area contributed by atoms with E-state index in [1.54, 1.807) is 0 Å². The SMILES string of the molecule is CN(CC(=O)NC1CS(=O)(=O)CC1N1CCCC1)S(=O)(=O)c1ccc(F)cc1. The van der Waals surface area contributed by atoms with Crippen LogP contribution in [-0.4, -0.2) is 82.2 Å². The smallest absolute Gasteiger partial charge is 0.243 e. The van der Waals surface area contributed by atoms with E-state index in [0.717, 1.165) is 54.5 Å². The van der Waals surface area contributed by atoms with E-state index in [1.807, 2.05) is 0 Å². The number of rotatable bonds is 6. The lowest BCUT2D eigenvalue weighted by molar-refractivity contribution is -0.122. The number of likely N-dealkylation sites (tertiary alicyclic amines) is 1. The number of hydrogen-bond donors (Lipinski definition) is 1. The quantitative estimate of drug-likeness (QED) is 0.668. The molecule has 2 atom stereocenters. The van der Waals surface area contributed by atoms with Crippen LogP contribution in [0.5, 0.6) is 0 Å². The maximum absolute atomic E-state index is 13.0. The molecule has 1 aromatic rings. The van der Waals surface area contributed by atoms with E-state index >= 15 is 0 Å². The van der Waals surface area contributed by atoms with Crippen LogP contribution in [0.1, 0.15) is 12.8 Å². The van der Waals surface area contributed by atoms with Gasteiger partial charge in [-0.1, -0.05) is 0 Å². The summed E-state index contributed by atoms with van der Waals surface area (Å²) in [5.41, 5.74) is 0. The summed E-state index contributed by atoms with van der Waals surface area (Å²) in [5.74, 6) is -1.27. The number of nitrogens with one attached hydrogen (secondary N) is 1. The summed E-state index contributed by atoms with van der Waals surface area (Å²) in [5, 5.41) is 2.70. The summed E-state index contributed by atoms with van der Waals surface area (Å²) < 4.78 is 63.0. The number of amides is 1. The minimum Gasteiger partial charge on any atom is -0.350 e. The second-order valence-electron chi connectivity index (χ2n) is 7.28. The van der Waals surface area contributed by atoms with E-state index in [2.05, 4.69) is 10.2 Å². The first-order valence-corrected chi connectivity index (χ1v) is 12.3. The molecule has 2 heterocycles. The zero-order chi connectivity index (χ0) is 20.5. The van der Waals surface area contributed by atoms with Crippen molar-refractivity contribution in [2.75, 3.05) is 38.2 Å². The van der Waals surface area contributed by atoms with Gasteiger partial charge in [-0.2, -0.15) is 4.31 Å². The van der Waals surface area contributed by atoms with Gasteiger partial charge in [0.15, 0.2) is 9.84 Å². The molecule has 1 aromatic carbocycles. The number of halogens is 1. The summed E-state index contributed by atoms with van der Waals surface area (Å²) in [4.78, 5) is 14.4. The third-order valence-corrected chi connectivity index (χ3v) is 8.70. The third-order valence-electron chi connectivity index (χ3n) is 5.17. The van der Waals surface area contributed by atoms with Gasteiger partial charge in [-0.15, -0.1) is 0 Å². The number of benzene rings is 1. The first kappa shape index (κ1) is 21.2. The van der Waals surface area contributed by atoms with Gasteiger partial charge in [-0.25, -0.2) is 21.2 Å². The van der Waals surface area contributed by atoms with E-state index in [4.69, 9.17) is 0 Å². The molecule has 0 spiro atoms. The van der Waals surface area contributed by atoms with Gasteiger partial charge in [0.25, 0.3) is 0 Å². The standard InChI is InChI=1S/C17H24FN3O5S2/c1-20(28(25,26)14-6-4-13(18)5-7-14)10-17(22)19-15-11-27(23,24)12-16(15)21-8-2-3-9-21/h4-7,15-16H,2-3,8-12H2,1H3,(H,19,22). The molecular formula is C17H24FN3O5S2. The van der Waals surface area contributed by atoms with Crippen LogP contribution in [0.3, 0.4) is 0 Å². The Morgan fingerprint density at radius 1 is 1.21 bits per heavy atom. The maximum atomic E-state index is 13.0. The monoisotopic (exact) mass is 433 g/mol. The number of hydrogen-bond acceptors (Lipinski definition) is 6. The molecule has 0 saturated carbocycles. The molecule has 0 bridgehead atoms. The second kappa shape index (κ2) is 8.05. The fourth-order valence-corrected chi connectivity index (χ4v) is 6.81. The van der Waals surface area contributed by atoms with Crippen LogP contribution in [0.15, 0.2) is 29.2 Å². The van der Waals surface area contributed by atoms with E-state index in [9.17, 15) is 26.0 Å². The summed E-state index contributed by atoms with van der Waals surface area (Å²) in [6.07, 6.45) is 1.99. The number of nitrogens with zero attached hydrogens (tertiary/aromatic N) is 2. The molecule has 2 aliphatic heterocycles. The molecule has 2 aliphatic rings. The molecule has 28 heavy (non-hydrogen) atoms. The fourth-order valence-electron chi connectivity index (χ4n) is 3.73. The van der Waals surface area contributed by atoms with Crippen molar-refractivity contribution in [3.05, 3.63) is 30.1 Å². The Morgan fingerprint density at radius 3 is 2.43 bits per heavy atom. The summed E-state index contributed by atoms with van der Waals surface area (Å²) in [7, 11) is -5.96. The van der Waals surface area contributed by atoms with Crippen molar-refractivity contribution in [1.82, 2.24) is 14.5 Å². The molecule has 156 valence electrons. The molecule has 1 amide bonds. The Balaban J connectivity index is 1.66. The lowest BCUT2D eigenvalue weighted by Gasteiger charge is -2.28. The summed E-state index contributed by atoms with van der Waals surface area (Å²) >= 11 is 0. The molecule has 0 aromatic heterocycles. The number of likely N-dealkylation sites (N-methyl/N-ethyl adjacent to an activating group) is 1. The normalized spacial score (nSPS) is 25.2. The molecule has 2 saturated heterocycles. The second-order valence-corrected chi connectivity index (χ2v) is 11.5. The van der Waals surface area contributed by atoms with Gasteiger partial charge >= 0.3 is 0 Å². The van der Waals surface area contributed by atoms with Gasteiger partial charge in [0.1, 0.15) is 5.82 Å².